The van der Waals surface area contributed by atoms with Gasteiger partial charge in [-0.25, -0.2) is 0 Å². The Kier molecular flexibility index (Phi) is 4.91. The van der Waals surface area contributed by atoms with Crippen LogP contribution in [-0.2, 0) is 6.18 Å². The fraction of sp³-hybridized carbons (Fsp3) is 0.538. The van der Waals surface area contributed by atoms with Crippen LogP contribution in [0, 0.1) is 5.92 Å². The summed E-state index contributed by atoms with van der Waals surface area (Å²) in [6, 6.07) is 3.63. The molecular formula is C13H17ClF3N. The molecule has 18 heavy (non-hydrogen) atoms. The molecule has 0 amide bonds. The summed E-state index contributed by atoms with van der Waals surface area (Å²) in [6.07, 6.45) is -3.49. The van der Waals surface area contributed by atoms with E-state index in [0.717, 1.165) is 18.6 Å². The first-order chi connectivity index (χ1) is 8.18. The topological polar surface area (TPSA) is 12.0 Å². The van der Waals surface area contributed by atoms with Gasteiger partial charge in [0.25, 0.3) is 0 Å². The lowest BCUT2D eigenvalue weighted by Gasteiger charge is -2.18. The molecule has 0 saturated heterocycles. The summed E-state index contributed by atoms with van der Waals surface area (Å²) < 4.78 is 37.8. The van der Waals surface area contributed by atoms with E-state index in [2.05, 4.69) is 19.2 Å². The predicted octanol–water partition coefficient (Wildman–Crippen LogP) is 5.21. The molecule has 0 aliphatic rings. The number of hydrogen-bond donors (Lipinski definition) is 1. The van der Waals surface area contributed by atoms with Crippen LogP contribution < -0.4 is 5.32 Å². The molecule has 0 fully saturated rings. The number of halogens is 4. The van der Waals surface area contributed by atoms with Crippen molar-refractivity contribution in [2.45, 2.75) is 39.4 Å². The van der Waals surface area contributed by atoms with Crippen molar-refractivity contribution in [1.82, 2.24) is 0 Å². The summed E-state index contributed by atoms with van der Waals surface area (Å²) >= 11 is 5.71. The Morgan fingerprint density at radius 1 is 1.17 bits per heavy atom. The first-order valence-electron chi connectivity index (χ1n) is 5.83. The highest BCUT2D eigenvalue weighted by molar-refractivity contribution is 6.30. The maximum absolute atomic E-state index is 12.6. The third-order valence-corrected chi connectivity index (χ3v) is 2.68. The summed E-state index contributed by atoms with van der Waals surface area (Å²) in [7, 11) is 0. The molecular weight excluding hydrogens is 263 g/mol. The molecule has 1 unspecified atom stereocenters. The van der Waals surface area contributed by atoms with Gasteiger partial charge in [-0.05, 0) is 37.5 Å². The molecule has 0 bridgehead atoms. The molecule has 0 aliphatic carbocycles. The van der Waals surface area contributed by atoms with Gasteiger partial charge in [0.2, 0.25) is 0 Å². The van der Waals surface area contributed by atoms with Gasteiger partial charge in [0.05, 0.1) is 5.56 Å². The van der Waals surface area contributed by atoms with Crippen LogP contribution in [0.3, 0.4) is 0 Å². The van der Waals surface area contributed by atoms with E-state index in [1.54, 1.807) is 0 Å². The molecule has 0 aromatic heterocycles. The van der Waals surface area contributed by atoms with E-state index in [-0.39, 0.29) is 11.1 Å². The zero-order chi connectivity index (χ0) is 13.9. The molecule has 0 heterocycles. The summed E-state index contributed by atoms with van der Waals surface area (Å²) in [6.45, 7) is 6.07. The van der Waals surface area contributed by atoms with E-state index < -0.39 is 11.7 Å². The molecule has 1 atom stereocenters. The van der Waals surface area contributed by atoms with Crippen LogP contribution in [0.2, 0.25) is 5.02 Å². The molecule has 0 spiro atoms. The summed E-state index contributed by atoms with van der Waals surface area (Å²) in [5, 5.41) is 3.13. The highest BCUT2D eigenvalue weighted by atomic mass is 35.5. The number of nitrogens with one attached hydrogen (secondary N) is 1. The maximum atomic E-state index is 12.6. The molecule has 0 radical (unpaired) electrons. The van der Waals surface area contributed by atoms with E-state index in [1.807, 2.05) is 6.92 Å². The van der Waals surface area contributed by atoms with Crippen LogP contribution in [0.15, 0.2) is 18.2 Å². The van der Waals surface area contributed by atoms with Gasteiger partial charge in [-0.15, -0.1) is 0 Å². The zero-order valence-electron chi connectivity index (χ0n) is 10.6. The average Bonchev–Trinajstić information content (AvgIpc) is 2.13. The van der Waals surface area contributed by atoms with Crippen LogP contribution in [0.25, 0.3) is 0 Å². The maximum Gasteiger partial charge on any atom is 0.416 e. The standard InChI is InChI=1S/C13H17ClF3N/c1-8(2)4-9(3)18-12-6-10(13(15,16)17)5-11(14)7-12/h5-9,18H,4H2,1-3H3. The van der Waals surface area contributed by atoms with Crippen LogP contribution in [0.4, 0.5) is 18.9 Å². The monoisotopic (exact) mass is 279 g/mol. The molecule has 5 heteroatoms. The predicted molar refractivity (Wildman–Crippen MR) is 69.0 cm³/mol. The van der Waals surface area contributed by atoms with Gasteiger partial charge in [-0.3, -0.25) is 0 Å². The van der Waals surface area contributed by atoms with Gasteiger partial charge in [-0.1, -0.05) is 25.4 Å². The van der Waals surface area contributed by atoms with E-state index in [4.69, 9.17) is 11.6 Å². The van der Waals surface area contributed by atoms with Crippen molar-refractivity contribution in [2.75, 3.05) is 5.32 Å². The molecule has 1 N–H and O–H groups in total. The van der Waals surface area contributed by atoms with Crippen molar-refractivity contribution < 1.29 is 13.2 Å². The van der Waals surface area contributed by atoms with Gasteiger partial charge < -0.3 is 5.32 Å². The van der Waals surface area contributed by atoms with Gasteiger partial charge in [0.15, 0.2) is 0 Å². The van der Waals surface area contributed by atoms with Crippen LogP contribution in [-0.4, -0.2) is 6.04 Å². The smallest absolute Gasteiger partial charge is 0.383 e. The number of rotatable bonds is 4. The lowest BCUT2D eigenvalue weighted by Crippen LogP contribution is -2.18. The Balaban J connectivity index is 2.87. The quantitative estimate of drug-likeness (QED) is 0.798. The zero-order valence-corrected chi connectivity index (χ0v) is 11.4. The molecule has 1 nitrogen and oxygen atoms in total. The number of hydrogen-bond acceptors (Lipinski definition) is 1. The normalized spacial score (nSPS) is 13.8. The molecule has 102 valence electrons. The summed E-state index contributed by atoms with van der Waals surface area (Å²) in [4.78, 5) is 0. The third-order valence-electron chi connectivity index (χ3n) is 2.46. The third kappa shape index (κ3) is 4.77. The molecule has 0 saturated carbocycles. The first-order valence-corrected chi connectivity index (χ1v) is 6.20. The Hall–Kier alpha value is -0.900. The minimum Gasteiger partial charge on any atom is -0.383 e. The van der Waals surface area contributed by atoms with Crippen molar-refractivity contribution in [3.8, 4) is 0 Å². The second-order valence-electron chi connectivity index (χ2n) is 4.90. The molecule has 1 rings (SSSR count). The highest BCUT2D eigenvalue weighted by Crippen LogP contribution is 2.33. The van der Waals surface area contributed by atoms with Crippen molar-refractivity contribution >= 4 is 17.3 Å². The van der Waals surface area contributed by atoms with Crippen molar-refractivity contribution in [3.05, 3.63) is 28.8 Å². The Bertz CT molecular complexity index is 402. The number of alkyl halides is 3. The minimum absolute atomic E-state index is 0.0871. The van der Waals surface area contributed by atoms with Crippen molar-refractivity contribution in [1.29, 1.82) is 0 Å². The summed E-state index contributed by atoms with van der Waals surface area (Å²) in [5.41, 5.74) is -0.322. The largest absolute Gasteiger partial charge is 0.416 e. The van der Waals surface area contributed by atoms with E-state index >= 15 is 0 Å². The lowest BCUT2D eigenvalue weighted by atomic mass is 10.0. The molecule has 0 aliphatic heterocycles. The van der Waals surface area contributed by atoms with E-state index in [9.17, 15) is 13.2 Å². The van der Waals surface area contributed by atoms with E-state index in [0.29, 0.717) is 11.6 Å². The number of benzene rings is 1. The van der Waals surface area contributed by atoms with Crippen LogP contribution in [0.1, 0.15) is 32.8 Å². The van der Waals surface area contributed by atoms with Crippen LogP contribution in [0.5, 0.6) is 0 Å². The highest BCUT2D eigenvalue weighted by Gasteiger charge is 2.31. The fourth-order valence-electron chi connectivity index (χ4n) is 1.89. The Labute approximate surface area is 110 Å². The van der Waals surface area contributed by atoms with Crippen LogP contribution >= 0.6 is 11.6 Å². The Morgan fingerprint density at radius 2 is 1.78 bits per heavy atom. The second-order valence-corrected chi connectivity index (χ2v) is 5.34. The molecule has 1 aromatic rings. The van der Waals surface area contributed by atoms with Gasteiger partial charge in [-0.2, -0.15) is 13.2 Å². The molecule has 1 aromatic carbocycles. The van der Waals surface area contributed by atoms with Crippen molar-refractivity contribution in [2.24, 2.45) is 5.92 Å². The van der Waals surface area contributed by atoms with Gasteiger partial charge in [0, 0.05) is 16.8 Å². The SMILES string of the molecule is CC(C)CC(C)Nc1cc(Cl)cc(C(F)(F)F)c1. The number of anilines is 1. The van der Waals surface area contributed by atoms with Crippen molar-refractivity contribution in [3.63, 3.8) is 0 Å². The second kappa shape index (κ2) is 5.83. The lowest BCUT2D eigenvalue weighted by molar-refractivity contribution is -0.137. The first kappa shape index (κ1) is 15.2. The van der Waals surface area contributed by atoms with Gasteiger partial charge in [0.1, 0.15) is 0 Å². The average molecular weight is 280 g/mol. The fourth-order valence-corrected chi connectivity index (χ4v) is 2.12. The van der Waals surface area contributed by atoms with E-state index in [1.165, 1.54) is 6.07 Å². The van der Waals surface area contributed by atoms with Gasteiger partial charge >= 0.3 is 6.18 Å². The Morgan fingerprint density at radius 3 is 2.28 bits per heavy atom. The minimum atomic E-state index is -4.37. The summed E-state index contributed by atoms with van der Waals surface area (Å²) in [5.74, 6) is 0.480.